The zero-order valence-corrected chi connectivity index (χ0v) is 32.2. The molecule has 11 aromatic carbocycles. The molecule has 59 heavy (non-hydrogen) atoms. The third-order valence-corrected chi connectivity index (χ3v) is 12.3. The predicted octanol–water partition coefficient (Wildman–Crippen LogP) is 16.5. The fourth-order valence-electron chi connectivity index (χ4n) is 9.47. The lowest BCUT2D eigenvalue weighted by Crippen LogP contribution is -1.92. The second-order valence-electron chi connectivity index (χ2n) is 15.6. The number of hydrogen-bond acceptors (Lipinski definition) is 1. The molecule has 0 aliphatic heterocycles. The minimum atomic E-state index is 0.906. The molecular weight excluding hydrogens is 713 g/mol. The normalized spacial score (nSPS) is 11.7. The van der Waals surface area contributed by atoms with Crippen molar-refractivity contribution in [2.75, 3.05) is 0 Å². The van der Waals surface area contributed by atoms with Crippen molar-refractivity contribution in [3.63, 3.8) is 0 Å². The smallest absolute Gasteiger partial charge is 0.135 e. The van der Waals surface area contributed by atoms with Crippen LogP contribution >= 0.6 is 0 Å². The van der Waals surface area contributed by atoms with E-state index < -0.39 is 0 Å². The van der Waals surface area contributed by atoms with E-state index in [1.807, 2.05) is 12.1 Å². The van der Waals surface area contributed by atoms with Crippen LogP contribution in [-0.4, -0.2) is 0 Å². The van der Waals surface area contributed by atoms with E-state index in [2.05, 4.69) is 206 Å². The third-order valence-electron chi connectivity index (χ3n) is 12.3. The van der Waals surface area contributed by atoms with E-state index in [0.717, 1.165) is 27.5 Å². The van der Waals surface area contributed by atoms with Crippen LogP contribution in [0.25, 0.3) is 121 Å². The highest BCUT2D eigenvalue weighted by molar-refractivity contribution is 6.22. The summed E-state index contributed by atoms with van der Waals surface area (Å²) in [6.45, 7) is 0. The maximum absolute atomic E-state index is 6.23. The summed E-state index contributed by atoms with van der Waals surface area (Å²) >= 11 is 0. The maximum atomic E-state index is 6.23. The Kier molecular flexibility index (Phi) is 7.61. The molecule has 0 aliphatic rings. The van der Waals surface area contributed by atoms with Gasteiger partial charge in [-0.25, -0.2) is 0 Å². The van der Waals surface area contributed by atoms with Crippen LogP contribution in [0.5, 0.6) is 0 Å². The van der Waals surface area contributed by atoms with Gasteiger partial charge in [0.15, 0.2) is 0 Å². The van der Waals surface area contributed by atoms with Crippen LogP contribution in [0.1, 0.15) is 0 Å². The van der Waals surface area contributed by atoms with Gasteiger partial charge in [-0.15, -0.1) is 0 Å². The van der Waals surface area contributed by atoms with Gasteiger partial charge in [0.25, 0.3) is 0 Å². The maximum Gasteiger partial charge on any atom is 0.135 e. The van der Waals surface area contributed by atoms with Crippen molar-refractivity contribution in [1.82, 2.24) is 0 Å². The molecule has 12 rings (SSSR count). The molecule has 1 heterocycles. The van der Waals surface area contributed by atoms with E-state index in [9.17, 15) is 0 Å². The molecule has 0 saturated heterocycles. The largest absolute Gasteiger partial charge is 0.456 e. The van der Waals surface area contributed by atoms with Crippen molar-refractivity contribution in [3.8, 4) is 55.6 Å². The zero-order valence-electron chi connectivity index (χ0n) is 32.2. The molecule has 1 aromatic heterocycles. The lowest BCUT2D eigenvalue weighted by atomic mass is 9.84. The van der Waals surface area contributed by atoms with Crippen molar-refractivity contribution < 1.29 is 4.42 Å². The Balaban J connectivity index is 1.07. The summed E-state index contributed by atoms with van der Waals surface area (Å²) in [5.41, 5.74) is 14.0. The molecule has 1 heteroatoms. The number of hydrogen-bond donors (Lipinski definition) is 0. The van der Waals surface area contributed by atoms with Gasteiger partial charge in [-0.2, -0.15) is 0 Å². The van der Waals surface area contributed by atoms with E-state index in [4.69, 9.17) is 4.42 Å². The second kappa shape index (κ2) is 13.4. The molecule has 0 unspecified atom stereocenters. The van der Waals surface area contributed by atoms with E-state index >= 15 is 0 Å². The van der Waals surface area contributed by atoms with Gasteiger partial charge in [-0.3, -0.25) is 0 Å². The molecular formula is C58H36O. The van der Waals surface area contributed by atoms with Crippen LogP contribution in [0.3, 0.4) is 0 Å². The lowest BCUT2D eigenvalue weighted by Gasteiger charge is -2.19. The first-order valence-corrected chi connectivity index (χ1v) is 20.3. The molecule has 0 bridgehead atoms. The highest BCUT2D eigenvalue weighted by atomic mass is 16.3. The molecule has 12 aromatic rings. The van der Waals surface area contributed by atoms with E-state index in [-0.39, 0.29) is 0 Å². The van der Waals surface area contributed by atoms with Crippen molar-refractivity contribution in [1.29, 1.82) is 0 Å². The SMILES string of the molecule is c1ccc2c(-c3ccc(-c4c5ccccc5c(-c5ccc(-c6cccc7ccccc67)cc5)c5cc(-c6ccc7oc8ccccc8c7c6)ccc45)cc3)cccc2c1. The van der Waals surface area contributed by atoms with Crippen LogP contribution < -0.4 is 0 Å². The van der Waals surface area contributed by atoms with Crippen LogP contribution in [0.15, 0.2) is 223 Å². The van der Waals surface area contributed by atoms with Crippen LogP contribution in [-0.2, 0) is 0 Å². The Labute approximate surface area is 342 Å². The van der Waals surface area contributed by atoms with Crippen LogP contribution in [0, 0.1) is 0 Å². The number of para-hydroxylation sites is 1. The van der Waals surface area contributed by atoms with Crippen molar-refractivity contribution >= 4 is 65.0 Å². The Bertz CT molecular complexity index is 3580. The minimum Gasteiger partial charge on any atom is -0.456 e. The fraction of sp³-hybridized carbons (Fsp3) is 0. The number of rotatable bonds is 5. The first-order chi connectivity index (χ1) is 29.2. The van der Waals surface area contributed by atoms with Crippen LogP contribution in [0.2, 0.25) is 0 Å². The average Bonchev–Trinajstić information content (AvgIpc) is 3.68. The monoisotopic (exact) mass is 748 g/mol. The van der Waals surface area contributed by atoms with E-state index in [0.29, 0.717) is 0 Å². The Hall–Kier alpha value is -7.74. The van der Waals surface area contributed by atoms with Gasteiger partial charge in [-0.1, -0.05) is 194 Å². The third kappa shape index (κ3) is 5.47. The summed E-state index contributed by atoms with van der Waals surface area (Å²) in [4.78, 5) is 0. The van der Waals surface area contributed by atoms with Crippen molar-refractivity contribution in [3.05, 3.63) is 218 Å². The Morgan fingerprint density at radius 3 is 1.20 bits per heavy atom. The Morgan fingerprint density at radius 1 is 0.220 bits per heavy atom. The summed E-state index contributed by atoms with van der Waals surface area (Å²) in [6, 6.07) is 79.7. The molecule has 1 nitrogen and oxygen atoms in total. The predicted molar refractivity (Wildman–Crippen MR) is 251 cm³/mol. The summed E-state index contributed by atoms with van der Waals surface area (Å²) in [5.74, 6) is 0. The van der Waals surface area contributed by atoms with Crippen molar-refractivity contribution in [2.45, 2.75) is 0 Å². The van der Waals surface area contributed by atoms with Gasteiger partial charge in [0.05, 0.1) is 0 Å². The molecule has 0 N–H and O–H groups in total. The number of furan rings is 1. The molecule has 0 amide bonds. The topological polar surface area (TPSA) is 13.1 Å². The lowest BCUT2D eigenvalue weighted by molar-refractivity contribution is 0.669. The molecule has 0 radical (unpaired) electrons. The molecule has 0 aliphatic carbocycles. The van der Waals surface area contributed by atoms with Gasteiger partial charge >= 0.3 is 0 Å². The number of fused-ring (bicyclic) bond motifs is 7. The first-order valence-electron chi connectivity index (χ1n) is 20.3. The van der Waals surface area contributed by atoms with E-state index in [1.54, 1.807) is 0 Å². The quantitative estimate of drug-likeness (QED) is 0.160. The first kappa shape index (κ1) is 33.4. The number of benzene rings is 11. The summed E-state index contributed by atoms with van der Waals surface area (Å²) in [7, 11) is 0. The van der Waals surface area contributed by atoms with Gasteiger partial charge in [0.1, 0.15) is 11.2 Å². The molecule has 0 saturated carbocycles. The summed E-state index contributed by atoms with van der Waals surface area (Å²) in [6.07, 6.45) is 0. The van der Waals surface area contributed by atoms with Crippen LogP contribution in [0.4, 0.5) is 0 Å². The minimum absolute atomic E-state index is 0.906. The van der Waals surface area contributed by atoms with Gasteiger partial charge < -0.3 is 4.42 Å². The molecule has 0 fully saturated rings. The van der Waals surface area contributed by atoms with Gasteiger partial charge in [0.2, 0.25) is 0 Å². The zero-order chi connectivity index (χ0) is 38.9. The molecule has 274 valence electrons. The standard InChI is InChI=1S/C58H36O/c1-3-15-45-37(11-1)13-9-20-47(45)39-23-27-41(28-24-39)57-50-18-5-6-19-51(50)58(42-29-25-40(26-30-42)48-21-10-14-38-12-2-4-16-46(38)48)54-36-43(31-33-52(54)57)44-32-34-56-53(35-44)49-17-7-8-22-55(49)59-56/h1-36H. The Morgan fingerprint density at radius 2 is 0.610 bits per heavy atom. The van der Waals surface area contributed by atoms with E-state index in [1.165, 1.54) is 93.2 Å². The highest BCUT2D eigenvalue weighted by Gasteiger charge is 2.19. The second-order valence-corrected chi connectivity index (χ2v) is 15.6. The van der Waals surface area contributed by atoms with Gasteiger partial charge in [-0.05, 0) is 123 Å². The summed E-state index contributed by atoms with van der Waals surface area (Å²) in [5, 5.41) is 12.2. The molecule has 0 atom stereocenters. The fourth-order valence-corrected chi connectivity index (χ4v) is 9.47. The summed E-state index contributed by atoms with van der Waals surface area (Å²) < 4.78 is 6.23. The van der Waals surface area contributed by atoms with Gasteiger partial charge in [0, 0.05) is 10.8 Å². The average molecular weight is 749 g/mol. The van der Waals surface area contributed by atoms with Crippen molar-refractivity contribution in [2.24, 2.45) is 0 Å². The highest BCUT2D eigenvalue weighted by Crippen LogP contribution is 2.46. The molecule has 0 spiro atoms.